The molecule has 0 atom stereocenters. The van der Waals surface area contributed by atoms with Gasteiger partial charge < -0.3 is 20.7 Å². The number of nitrogens with two attached hydrogens (primary N) is 1. The van der Waals surface area contributed by atoms with Crippen LogP contribution in [-0.4, -0.2) is 57.0 Å². The van der Waals surface area contributed by atoms with E-state index in [4.69, 9.17) is 38.8 Å². The lowest BCUT2D eigenvalue weighted by atomic mass is 10.0. The van der Waals surface area contributed by atoms with Gasteiger partial charge in [0.05, 0.1) is 34.2 Å². The maximum Gasteiger partial charge on any atom is 0.261 e. The van der Waals surface area contributed by atoms with Gasteiger partial charge in [-0.15, -0.1) is 0 Å². The number of halogens is 2. The molecule has 5 aromatic rings. The second kappa shape index (κ2) is 13.3. The van der Waals surface area contributed by atoms with Crippen LogP contribution in [-0.2, 0) is 30.6 Å². The number of fused-ring (bicyclic) bond motifs is 3. The zero-order chi connectivity index (χ0) is 33.2. The second-order valence-electron chi connectivity index (χ2n) is 11.1. The predicted molar refractivity (Wildman–Crippen MR) is 178 cm³/mol. The number of ether oxygens (including phenoxy) is 1. The molecule has 0 fully saturated rings. The van der Waals surface area contributed by atoms with Crippen LogP contribution in [0.4, 0.5) is 0 Å². The van der Waals surface area contributed by atoms with Crippen LogP contribution in [0.1, 0.15) is 43.1 Å². The maximum absolute atomic E-state index is 14.3. The highest BCUT2D eigenvalue weighted by atomic mass is 35.5. The molecule has 47 heavy (non-hydrogen) atoms. The van der Waals surface area contributed by atoms with Crippen LogP contribution in [0.15, 0.2) is 77.7 Å². The molecule has 1 aliphatic rings. The highest BCUT2D eigenvalue weighted by molar-refractivity contribution is 6.42. The van der Waals surface area contributed by atoms with E-state index >= 15 is 0 Å². The number of aromatic nitrogens is 3. The molecule has 0 radical (unpaired) electrons. The Morgan fingerprint density at radius 2 is 1.68 bits per heavy atom. The molecule has 3 amide bonds. The lowest BCUT2D eigenvalue weighted by molar-refractivity contribution is -0.119. The Morgan fingerprint density at radius 3 is 2.36 bits per heavy atom. The van der Waals surface area contributed by atoms with E-state index in [1.54, 1.807) is 81.8 Å². The molecule has 0 unspecified atom stereocenters. The van der Waals surface area contributed by atoms with E-state index in [2.05, 4.69) is 5.32 Å². The highest BCUT2D eigenvalue weighted by Crippen LogP contribution is 2.27. The fraction of sp³-hybridized carbons (Fsp3) is 0.206. The van der Waals surface area contributed by atoms with Gasteiger partial charge in [0.2, 0.25) is 0 Å². The molecule has 13 heteroatoms. The zero-order valence-electron chi connectivity index (χ0n) is 25.3. The number of carbonyl (C=O) groups excluding carboxylic acids is 3. The summed E-state index contributed by atoms with van der Waals surface area (Å²) in [6.07, 6.45) is 3.24. The molecule has 6 rings (SSSR count). The molecular formula is C34H30Cl2N6O5. The van der Waals surface area contributed by atoms with Crippen molar-refractivity contribution in [1.82, 2.24) is 24.4 Å². The largest absolute Gasteiger partial charge is 0.484 e. The van der Waals surface area contributed by atoms with Crippen LogP contribution in [0.25, 0.3) is 11.3 Å². The van der Waals surface area contributed by atoms with Crippen LogP contribution in [0.5, 0.6) is 5.75 Å². The number of rotatable bonds is 9. The van der Waals surface area contributed by atoms with Gasteiger partial charge in [-0.3, -0.25) is 23.7 Å². The van der Waals surface area contributed by atoms with E-state index in [9.17, 15) is 19.2 Å². The van der Waals surface area contributed by atoms with Crippen molar-refractivity contribution in [1.29, 1.82) is 0 Å². The number of hydrogen-bond donors (Lipinski definition) is 2. The minimum Gasteiger partial charge on any atom is -0.484 e. The lowest BCUT2D eigenvalue weighted by Crippen LogP contribution is -2.41. The van der Waals surface area contributed by atoms with Crippen LogP contribution < -0.4 is 21.3 Å². The monoisotopic (exact) mass is 672 g/mol. The lowest BCUT2D eigenvalue weighted by Gasteiger charge is -2.30. The Bertz CT molecular complexity index is 2070. The topological polar surface area (TPSA) is 141 Å². The molecule has 2 aromatic heterocycles. The highest BCUT2D eigenvalue weighted by Gasteiger charge is 2.29. The average molecular weight is 674 g/mol. The molecule has 240 valence electrons. The van der Waals surface area contributed by atoms with Crippen molar-refractivity contribution >= 4 is 46.6 Å². The quantitative estimate of drug-likeness (QED) is 0.243. The smallest absolute Gasteiger partial charge is 0.261 e. The van der Waals surface area contributed by atoms with Crippen molar-refractivity contribution in [2.75, 3.05) is 20.2 Å². The van der Waals surface area contributed by atoms with Gasteiger partial charge in [-0.1, -0.05) is 35.3 Å². The van der Waals surface area contributed by atoms with E-state index in [1.807, 2.05) is 12.1 Å². The molecule has 0 spiro atoms. The molecule has 0 saturated carbocycles. The fourth-order valence-corrected chi connectivity index (χ4v) is 6.01. The van der Waals surface area contributed by atoms with Crippen molar-refractivity contribution in [2.24, 2.45) is 5.73 Å². The Labute approximate surface area is 279 Å². The molecule has 0 saturated heterocycles. The van der Waals surface area contributed by atoms with E-state index in [0.29, 0.717) is 70.3 Å². The first-order valence-electron chi connectivity index (χ1n) is 14.8. The number of primary amides is 1. The van der Waals surface area contributed by atoms with Gasteiger partial charge in [-0.25, -0.2) is 4.52 Å². The predicted octanol–water partition coefficient (Wildman–Crippen LogP) is 4.00. The first-order valence-corrected chi connectivity index (χ1v) is 15.6. The van der Waals surface area contributed by atoms with Crippen LogP contribution in [0, 0.1) is 0 Å². The third-order valence-electron chi connectivity index (χ3n) is 8.12. The normalized spacial score (nSPS) is 12.5. The number of carbonyl (C=O) groups is 3. The van der Waals surface area contributed by atoms with Crippen LogP contribution >= 0.6 is 23.2 Å². The van der Waals surface area contributed by atoms with Gasteiger partial charge in [-0.05, 0) is 79.4 Å². The molecule has 1 aliphatic heterocycles. The molecule has 11 nitrogen and oxygen atoms in total. The third-order valence-corrected chi connectivity index (χ3v) is 8.86. The number of nitrogens with one attached hydrogen (secondary N) is 1. The molecule has 3 heterocycles. The van der Waals surface area contributed by atoms with Gasteiger partial charge in [0.25, 0.3) is 23.3 Å². The summed E-state index contributed by atoms with van der Waals surface area (Å²) in [6, 6.07) is 18.9. The third kappa shape index (κ3) is 6.45. The molecule has 3 N–H and O–H groups in total. The molecule has 0 aliphatic carbocycles. The van der Waals surface area contributed by atoms with E-state index < -0.39 is 5.91 Å². The average Bonchev–Trinajstić information content (AvgIpc) is 3.51. The Hall–Kier alpha value is -5.13. The first-order chi connectivity index (χ1) is 22.6. The summed E-state index contributed by atoms with van der Waals surface area (Å²) in [7, 11) is 1.56. The maximum atomic E-state index is 14.3. The van der Waals surface area contributed by atoms with E-state index in [0.717, 1.165) is 11.1 Å². The standard InChI is InChI=1S/C34H30Cl2N6O5/c1-38-31(44)21-6-9-24(10-7-21)41-32-23(5-2-20-3-11-25(12-4-20)47-19-30(37)43)17-39-42(32)29-18-40(15-14-26(29)34(41)46)33(45)22-8-13-27(35)28(36)16-22/h3-4,6-13,16-17H,2,5,14-15,18-19H2,1H3,(H2,37,43)(H,38,44). The van der Waals surface area contributed by atoms with Crippen LogP contribution in [0.3, 0.4) is 0 Å². The SMILES string of the molecule is CNC(=O)c1ccc(-n2c(=O)c3c(n4ncc(CCc5ccc(OCC(N)=O)cc5)c24)CN(C(=O)c2ccc(Cl)c(Cl)c2)CC3)cc1. The summed E-state index contributed by atoms with van der Waals surface area (Å²) in [5, 5.41) is 7.98. The summed E-state index contributed by atoms with van der Waals surface area (Å²) in [5.74, 6) is -0.487. The summed E-state index contributed by atoms with van der Waals surface area (Å²) in [6.45, 7) is 0.296. The molecular weight excluding hydrogens is 643 g/mol. The Kier molecular flexibility index (Phi) is 9.01. The fourth-order valence-electron chi connectivity index (χ4n) is 5.71. The molecule has 0 bridgehead atoms. The summed E-state index contributed by atoms with van der Waals surface area (Å²) >= 11 is 12.3. The minimum absolute atomic E-state index is 0.171. The number of hydrogen-bond acceptors (Lipinski definition) is 6. The zero-order valence-corrected chi connectivity index (χ0v) is 26.8. The van der Waals surface area contributed by atoms with Crippen molar-refractivity contribution in [2.45, 2.75) is 25.8 Å². The van der Waals surface area contributed by atoms with Crippen molar-refractivity contribution in [3.05, 3.63) is 127 Å². The van der Waals surface area contributed by atoms with Gasteiger partial charge in [0.1, 0.15) is 11.4 Å². The first kappa shape index (κ1) is 31.8. The van der Waals surface area contributed by atoms with Crippen molar-refractivity contribution < 1.29 is 19.1 Å². The second-order valence-corrected chi connectivity index (χ2v) is 11.9. The van der Waals surface area contributed by atoms with Gasteiger partial charge in [-0.2, -0.15) is 5.10 Å². The minimum atomic E-state index is -0.555. The number of aryl methyl sites for hydroxylation is 2. The van der Waals surface area contributed by atoms with Gasteiger partial charge in [0.15, 0.2) is 6.61 Å². The van der Waals surface area contributed by atoms with E-state index in [1.165, 1.54) is 0 Å². The number of amides is 3. The summed E-state index contributed by atoms with van der Waals surface area (Å²) in [5.41, 5.74) is 10.0. The van der Waals surface area contributed by atoms with Crippen molar-refractivity contribution in [3.8, 4) is 11.4 Å². The van der Waals surface area contributed by atoms with Crippen LogP contribution in [0.2, 0.25) is 10.0 Å². The summed E-state index contributed by atoms with van der Waals surface area (Å²) < 4.78 is 8.74. The van der Waals surface area contributed by atoms with Gasteiger partial charge in [0, 0.05) is 35.8 Å². The van der Waals surface area contributed by atoms with Crippen molar-refractivity contribution in [3.63, 3.8) is 0 Å². The molecule has 3 aromatic carbocycles. The number of benzene rings is 3. The van der Waals surface area contributed by atoms with Gasteiger partial charge >= 0.3 is 0 Å². The Morgan fingerprint density at radius 1 is 0.957 bits per heavy atom. The van der Waals surface area contributed by atoms with E-state index in [-0.39, 0.29) is 35.5 Å². The number of nitrogens with zero attached hydrogens (tertiary/aromatic N) is 4. The summed E-state index contributed by atoms with van der Waals surface area (Å²) in [4.78, 5) is 52.7. The Balaban J connectivity index is 1.38.